The summed E-state index contributed by atoms with van der Waals surface area (Å²) in [5.74, 6) is -0.808. The number of carbonyl (C=O) groups excluding carboxylic acids is 1. The monoisotopic (exact) mass is 448 g/mol. The van der Waals surface area contributed by atoms with E-state index in [0.29, 0.717) is 36.4 Å². The molecule has 1 saturated heterocycles. The SMILES string of the molecule is O=C(O)c1sc(C2CCCN2C(=O)CCc2ccccc2)nc1CCCc1ccccc1. The minimum atomic E-state index is -0.927. The molecule has 32 heavy (non-hydrogen) atoms. The first-order chi connectivity index (χ1) is 15.6. The molecule has 1 aromatic heterocycles. The topological polar surface area (TPSA) is 70.5 Å². The Labute approximate surface area is 192 Å². The summed E-state index contributed by atoms with van der Waals surface area (Å²) in [4.78, 5) is 31.8. The van der Waals surface area contributed by atoms with Crippen molar-refractivity contribution in [2.75, 3.05) is 6.54 Å². The zero-order chi connectivity index (χ0) is 22.3. The number of rotatable bonds is 9. The number of nitrogens with zero attached hydrogens (tertiary/aromatic N) is 2. The second-order valence-corrected chi connectivity index (χ2v) is 9.23. The summed E-state index contributed by atoms with van der Waals surface area (Å²) < 4.78 is 0. The Morgan fingerprint density at radius 3 is 2.28 bits per heavy atom. The normalized spacial score (nSPS) is 15.8. The predicted molar refractivity (Wildman–Crippen MR) is 126 cm³/mol. The summed E-state index contributed by atoms with van der Waals surface area (Å²) in [5.41, 5.74) is 3.04. The fourth-order valence-electron chi connectivity index (χ4n) is 4.32. The average molecular weight is 449 g/mol. The third kappa shape index (κ3) is 5.43. The van der Waals surface area contributed by atoms with Crippen LogP contribution in [0.4, 0.5) is 0 Å². The van der Waals surface area contributed by atoms with Crippen molar-refractivity contribution in [3.8, 4) is 0 Å². The predicted octanol–water partition coefficient (Wildman–Crippen LogP) is 5.31. The van der Waals surface area contributed by atoms with E-state index in [1.807, 2.05) is 53.4 Å². The number of carbonyl (C=O) groups is 2. The van der Waals surface area contributed by atoms with Crippen LogP contribution in [0.1, 0.15) is 63.2 Å². The summed E-state index contributed by atoms with van der Waals surface area (Å²) in [6.45, 7) is 0.712. The summed E-state index contributed by atoms with van der Waals surface area (Å²) in [5, 5.41) is 10.5. The minimum absolute atomic E-state index is 0.107. The van der Waals surface area contributed by atoms with Crippen molar-refractivity contribution in [3.05, 3.63) is 87.4 Å². The maximum atomic E-state index is 12.9. The molecule has 0 spiro atoms. The van der Waals surface area contributed by atoms with Gasteiger partial charge in [0.2, 0.25) is 5.91 Å². The fraction of sp³-hybridized carbons (Fsp3) is 0.346. The molecule has 1 aliphatic heterocycles. The van der Waals surface area contributed by atoms with Gasteiger partial charge in [0.05, 0.1) is 11.7 Å². The van der Waals surface area contributed by atoms with E-state index >= 15 is 0 Å². The van der Waals surface area contributed by atoms with Crippen molar-refractivity contribution in [3.63, 3.8) is 0 Å². The van der Waals surface area contributed by atoms with Gasteiger partial charge in [0, 0.05) is 13.0 Å². The largest absolute Gasteiger partial charge is 0.477 e. The number of aryl methyl sites for hydroxylation is 3. The number of carboxylic acids is 1. The zero-order valence-corrected chi connectivity index (χ0v) is 18.9. The Kier molecular flexibility index (Phi) is 7.32. The third-order valence-electron chi connectivity index (χ3n) is 5.96. The van der Waals surface area contributed by atoms with Crippen LogP contribution in [0, 0.1) is 0 Å². The van der Waals surface area contributed by atoms with Crippen LogP contribution in [-0.4, -0.2) is 33.4 Å². The van der Waals surface area contributed by atoms with Gasteiger partial charge in [-0.25, -0.2) is 9.78 Å². The average Bonchev–Trinajstić information content (AvgIpc) is 3.46. The van der Waals surface area contributed by atoms with Crippen LogP contribution >= 0.6 is 11.3 Å². The number of carboxylic acid groups (broad SMARTS) is 1. The number of aromatic carboxylic acids is 1. The standard InChI is InChI=1S/C26H28N2O3S/c29-23(17-16-20-11-5-2-6-12-20)28-18-8-15-22(28)25-27-21(24(32-25)26(30)31)14-7-13-19-9-3-1-4-10-19/h1-6,9-12,22H,7-8,13-18H2,(H,30,31). The molecule has 0 radical (unpaired) electrons. The fourth-order valence-corrected chi connectivity index (χ4v) is 5.41. The van der Waals surface area contributed by atoms with Crippen LogP contribution < -0.4 is 0 Å². The molecule has 2 heterocycles. The lowest BCUT2D eigenvalue weighted by molar-refractivity contribution is -0.132. The van der Waals surface area contributed by atoms with E-state index in [-0.39, 0.29) is 11.9 Å². The zero-order valence-electron chi connectivity index (χ0n) is 18.1. The molecule has 1 amide bonds. The van der Waals surface area contributed by atoms with Crippen LogP contribution in [0.2, 0.25) is 0 Å². The summed E-state index contributed by atoms with van der Waals surface area (Å²) in [6, 6.07) is 20.1. The van der Waals surface area contributed by atoms with E-state index in [2.05, 4.69) is 12.1 Å². The first kappa shape index (κ1) is 22.2. The Morgan fingerprint density at radius 1 is 0.969 bits per heavy atom. The van der Waals surface area contributed by atoms with E-state index < -0.39 is 5.97 Å². The molecule has 166 valence electrons. The number of likely N-dealkylation sites (tertiary alicyclic amines) is 1. The third-order valence-corrected chi connectivity index (χ3v) is 7.15. The lowest BCUT2D eigenvalue weighted by atomic mass is 10.1. The Bertz CT molecular complexity index is 1050. The number of thiazole rings is 1. The Morgan fingerprint density at radius 2 is 1.62 bits per heavy atom. The smallest absolute Gasteiger partial charge is 0.347 e. The van der Waals surface area contributed by atoms with Crippen LogP contribution in [0.15, 0.2) is 60.7 Å². The summed E-state index contributed by atoms with van der Waals surface area (Å²) in [7, 11) is 0. The molecule has 1 aliphatic rings. The van der Waals surface area contributed by atoms with Crippen LogP contribution in [0.5, 0.6) is 0 Å². The molecule has 5 nitrogen and oxygen atoms in total. The van der Waals surface area contributed by atoms with Gasteiger partial charge in [-0.2, -0.15) is 0 Å². The molecule has 3 aromatic rings. The molecular weight excluding hydrogens is 420 g/mol. The minimum Gasteiger partial charge on any atom is -0.477 e. The summed E-state index contributed by atoms with van der Waals surface area (Å²) in [6.07, 6.45) is 5.30. The van der Waals surface area contributed by atoms with Gasteiger partial charge in [0.15, 0.2) is 0 Å². The highest BCUT2D eigenvalue weighted by Gasteiger charge is 2.33. The molecule has 4 rings (SSSR count). The molecule has 2 aromatic carbocycles. The first-order valence-electron chi connectivity index (χ1n) is 11.2. The summed E-state index contributed by atoms with van der Waals surface area (Å²) >= 11 is 1.24. The molecular formula is C26H28N2O3S. The van der Waals surface area contributed by atoms with Crippen molar-refractivity contribution in [2.45, 2.75) is 51.0 Å². The Hall–Kier alpha value is -2.99. The number of amides is 1. The highest BCUT2D eigenvalue weighted by Crippen LogP contribution is 2.36. The van der Waals surface area contributed by atoms with E-state index in [1.165, 1.54) is 16.9 Å². The van der Waals surface area contributed by atoms with Gasteiger partial charge in [-0.3, -0.25) is 4.79 Å². The van der Waals surface area contributed by atoms with Gasteiger partial charge in [-0.15, -0.1) is 11.3 Å². The first-order valence-corrected chi connectivity index (χ1v) is 12.0. The van der Waals surface area contributed by atoms with Gasteiger partial charge in [0.1, 0.15) is 9.88 Å². The van der Waals surface area contributed by atoms with Gasteiger partial charge >= 0.3 is 5.97 Å². The van der Waals surface area contributed by atoms with Gasteiger partial charge < -0.3 is 10.0 Å². The van der Waals surface area contributed by atoms with Gasteiger partial charge in [0.25, 0.3) is 0 Å². The van der Waals surface area contributed by atoms with Crippen molar-refractivity contribution in [2.24, 2.45) is 0 Å². The molecule has 0 saturated carbocycles. The van der Waals surface area contributed by atoms with Crippen LogP contribution in [-0.2, 0) is 24.1 Å². The molecule has 6 heteroatoms. The lowest BCUT2D eigenvalue weighted by Crippen LogP contribution is -2.30. The molecule has 1 unspecified atom stereocenters. The molecule has 1 atom stereocenters. The Balaban J connectivity index is 1.42. The highest BCUT2D eigenvalue weighted by atomic mass is 32.1. The van der Waals surface area contributed by atoms with E-state index in [9.17, 15) is 14.7 Å². The van der Waals surface area contributed by atoms with Crippen LogP contribution in [0.3, 0.4) is 0 Å². The molecule has 1 N–H and O–H groups in total. The van der Waals surface area contributed by atoms with Gasteiger partial charge in [-0.1, -0.05) is 60.7 Å². The quantitative estimate of drug-likeness (QED) is 0.481. The van der Waals surface area contributed by atoms with E-state index in [4.69, 9.17) is 4.98 Å². The maximum Gasteiger partial charge on any atom is 0.347 e. The van der Waals surface area contributed by atoms with E-state index in [1.54, 1.807) is 0 Å². The molecule has 0 aliphatic carbocycles. The van der Waals surface area contributed by atoms with Crippen molar-refractivity contribution >= 4 is 23.2 Å². The number of aromatic nitrogens is 1. The number of benzene rings is 2. The second-order valence-electron chi connectivity index (χ2n) is 8.20. The number of hydrogen-bond donors (Lipinski definition) is 1. The van der Waals surface area contributed by atoms with Crippen LogP contribution in [0.25, 0.3) is 0 Å². The highest BCUT2D eigenvalue weighted by molar-refractivity contribution is 7.13. The second kappa shape index (κ2) is 10.6. The molecule has 0 bridgehead atoms. The lowest BCUT2D eigenvalue weighted by Gasteiger charge is -2.23. The molecule has 1 fully saturated rings. The van der Waals surface area contributed by atoms with Crippen molar-refractivity contribution in [1.82, 2.24) is 9.88 Å². The van der Waals surface area contributed by atoms with Crippen molar-refractivity contribution in [1.29, 1.82) is 0 Å². The number of hydrogen-bond acceptors (Lipinski definition) is 4. The van der Waals surface area contributed by atoms with E-state index in [0.717, 1.165) is 36.3 Å². The van der Waals surface area contributed by atoms with Crippen molar-refractivity contribution < 1.29 is 14.7 Å². The maximum absolute atomic E-state index is 12.9. The van der Waals surface area contributed by atoms with Gasteiger partial charge in [-0.05, 0) is 49.7 Å².